The summed E-state index contributed by atoms with van der Waals surface area (Å²) < 4.78 is 0. The lowest BCUT2D eigenvalue weighted by Crippen LogP contribution is -2.35. The number of rotatable bonds is 10. The van der Waals surface area contributed by atoms with Crippen LogP contribution in [0, 0.1) is 0 Å². The maximum atomic E-state index is 12.6. The van der Waals surface area contributed by atoms with Gasteiger partial charge in [-0.1, -0.05) is 18.7 Å². The largest absolute Gasteiger partial charge is 0.398 e. The Morgan fingerprint density at radius 3 is 2.50 bits per heavy atom. The Hall–Kier alpha value is -3.42. The number of nitrogens with zero attached hydrogens (tertiary/aromatic N) is 2. The number of hydrogen-bond acceptors (Lipinski definition) is 6. The van der Waals surface area contributed by atoms with Crippen LogP contribution in [0.3, 0.4) is 0 Å². The molecule has 0 aliphatic rings. The first-order valence-electron chi connectivity index (χ1n) is 8.80. The molecule has 0 saturated carbocycles. The summed E-state index contributed by atoms with van der Waals surface area (Å²) in [5.41, 5.74) is 17.8. The van der Waals surface area contributed by atoms with Crippen LogP contribution in [-0.4, -0.2) is 23.7 Å². The molecule has 0 aliphatic carbocycles. The smallest absolute Gasteiger partial charge is 0.272 e. The molecule has 0 aromatic heterocycles. The third kappa shape index (κ3) is 7.06. The number of Topliss-reactive ketones (excluding diaryl/α,β-unsaturated/α-hetero) is 1. The summed E-state index contributed by atoms with van der Waals surface area (Å²) in [5, 5.41) is 6.57. The Balaban J connectivity index is 2.89. The summed E-state index contributed by atoms with van der Waals surface area (Å²) in [5.74, 6) is -0.275. The molecule has 1 amide bonds. The van der Waals surface area contributed by atoms with Crippen molar-refractivity contribution in [3.63, 3.8) is 0 Å². The fourth-order valence-electron chi connectivity index (χ4n) is 2.39. The fourth-order valence-corrected chi connectivity index (χ4v) is 2.39. The monoisotopic (exact) mass is 384 g/mol. The molecule has 8 heteroatoms. The molecule has 28 heavy (non-hydrogen) atoms. The Kier molecular flexibility index (Phi) is 9.15. The van der Waals surface area contributed by atoms with Gasteiger partial charge in [-0.25, -0.2) is 4.99 Å². The lowest BCUT2D eigenvalue weighted by Gasteiger charge is -2.13. The van der Waals surface area contributed by atoms with Crippen molar-refractivity contribution < 1.29 is 9.59 Å². The third-order valence-electron chi connectivity index (χ3n) is 3.83. The van der Waals surface area contributed by atoms with Crippen molar-refractivity contribution in [2.45, 2.75) is 40.2 Å². The molecule has 0 heterocycles. The molecular weight excluding hydrogens is 356 g/mol. The first kappa shape index (κ1) is 22.6. The van der Waals surface area contributed by atoms with Crippen molar-refractivity contribution in [3.8, 4) is 0 Å². The zero-order chi connectivity index (χ0) is 21.1. The van der Waals surface area contributed by atoms with Gasteiger partial charge in [-0.3, -0.25) is 10.2 Å². The lowest BCUT2D eigenvalue weighted by atomic mass is 10.0. The molecule has 0 saturated heterocycles. The van der Waals surface area contributed by atoms with E-state index in [0.717, 1.165) is 23.0 Å². The van der Waals surface area contributed by atoms with E-state index >= 15 is 0 Å². The van der Waals surface area contributed by atoms with Crippen LogP contribution in [0.25, 0.3) is 0 Å². The minimum Gasteiger partial charge on any atom is -0.398 e. The van der Waals surface area contributed by atoms with Crippen LogP contribution in [-0.2, 0) is 22.6 Å². The standard InChI is InChI=1S/C20H28N6O2/c1-5-23-19(18(13(2)3)26-25-12-21)20(28)24-11-15-7-9-16(17(22)10-15)8-6-14(4)27/h5,7,9-10,12,26H,1,6,8,11,22H2,2-4H3,(H2,21,25)(H,24,28). The zero-order valence-electron chi connectivity index (χ0n) is 16.6. The van der Waals surface area contributed by atoms with Gasteiger partial charge in [-0.2, -0.15) is 5.10 Å². The molecule has 0 radical (unpaired) electrons. The first-order valence-corrected chi connectivity index (χ1v) is 8.80. The van der Waals surface area contributed by atoms with E-state index in [9.17, 15) is 9.59 Å². The molecule has 8 nitrogen and oxygen atoms in total. The maximum Gasteiger partial charge on any atom is 0.272 e. The van der Waals surface area contributed by atoms with Crippen molar-refractivity contribution in [3.05, 3.63) is 53.4 Å². The average molecular weight is 384 g/mol. The van der Waals surface area contributed by atoms with Gasteiger partial charge in [0.1, 0.15) is 12.1 Å². The SMILES string of the molecule is C=CN=C(C(=O)NCc1ccc(CCC(C)=O)c(N)c1)C(N/N=C/N)=C(C)C. The van der Waals surface area contributed by atoms with Gasteiger partial charge in [0.2, 0.25) is 0 Å². The van der Waals surface area contributed by atoms with Gasteiger partial charge in [0.05, 0.1) is 5.70 Å². The quantitative estimate of drug-likeness (QED) is 0.211. The van der Waals surface area contributed by atoms with Gasteiger partial charge in [-0.15, -0.1) is 0 Å². The Morgan fingerprint density at radius 1 is 1.25 bits per heavy atom. The van der Waals surface area contributed by atoms with Gasteiger partial charge < -0.3 is 21.6 Å². The first-order chi connectivity index (χ1) is 13.3. The number of nitrogens with one attached hydrogen (secondary N) is 2. The number of amides is 1. The van der Waals surface area contributed by atoms with Crippen LogP contribution in [0.2, 0.25) is 0 Å². The normalized spacial score (nSPS) is 11.2. The van der Waals surface area contributed by atoms with Gasteiger partial charge >= 0.3 is 0 Å². The Bertz CT molecular complexity index is 820. The van der Waals surface area contributed by atoms with Crippen LogP contribution >= 0.6 is 0 Å². The molecule has 0 spiro atoms. The highest BCUT2D eigenvalue weighted by Gasteiger charge is 2.17. The molecule has 0 unspecified atom stereocenters. The van der Waals surface area contributed by atoms with Crippen LogP contribution < -0.4 is 22.2 Å². The summed E-state index contributed by atoms with van der Waals surface area (Å²) in [6.45, 7) is 9.01. The summed E-state index contributed by atoms with van der Waals surface area (Å²) in [6.07, 6.45) is 3.42. The number of hydrogen-bond donors (Lipinski definition) is 4. The van der Waals surface area contributed by atoms with Gasteiger partial charge in [0.15, 0.2) is 5.71 Å². The van der Waals surface area contributed by atoms with E-state index in [0.29, 0.717) is 24.2 Å². The highest BCUT2D eigenvalue weighted by molar-refractivity contribution is 6.45. The molecular formula is C20H28N6O2. The van der Waals surface area contributed by atoms with Crippen molar-refractivity contribution in [2.24, 2.45) is 15.8 Å². The molecule has 0 atom stereocenters. The molecule has 6 N–H and O–H groups in total. The molecule has 0 bridgehead atoms. The molecule has 1 rings (SSSR count). The van der Waals surface area contributed by atoms with Crippen LogP contribution in [0.1, 0.15) is 38.3 Å². The van der Waals surface area contributed by atoms with Gasteiger partial charge in [-0.05, 0) is 50.0 Å². The van der Waals surface area contributed by atoms with E-state index in [1.54, 1.807) is 13.0 Å². The minimum absolute atomic E-state index is 0.118. The highest BCUT2D eigenvalue weighted by Crippen LogP contribution is 2.16. The number of carbonyl (C=O) groups is 2. The lowest BCUT2D eigenvalue weighted by molar-refractivity contribution is -0.117. The molecule has 0 fully saturated rings. The molecule has 1 aromatic rings. The van der Waals surface area contributed by atoms with Gasteiger partial charge in [0.25, 0.3) is 5.91 Å². The highest BCUT2D eigenvalue weighted by atomic mass is 16.2. The van der Waals surface area contributed by atoms with Crippen LogP contribution in [0.15, 0.2) is 52.3 Å². The minimum atomic E-state index is -0.393. The number of hydrazone groups is 1. The predicted octanol–water partition coefficient (Wildman–Crippen LogP) is 1.78. The van der Waals surface area contributed by atoms with E-state index in [1.807, 2.05) is 26.0 Å². The molecule has 1 aromatic carbocycles. The number of aryl methyl sites for hydroxylation is 1. The van der Waals surface area contributed by atoms with Crippen LogP contribution in [0.4, 0.5) is 5.69 Å². The summed E-state index contributed by atoms with van der Waals surface area (Å²) in [6, 6.07) is 5.53. The summed E-state index contributed by atoms with van der Waals surface area (Å²) in [4.78, 5) is 27.8. The topological polar surface area (TPSA) is 135 Å². The number of nitrogens with two attached hydrogens (primary N) is 2. The number of ketones is 1. The molecule has 150 valence electrons. The van der Waals surface area contributed by atoms with E-state index in [-0.39, 0.29) is 18.0 Å². The predicted molar refractivity (Wildman–Crippen MR) is 114 cm³/mol. The summed E-state index contributed by atoms with van der Waals surface area (Å²) >= 11 is 0. The fraction of sp³-hybridized carbons (Fsp3) is 0.300. The number of benzene rings is 1. The summed E-state index contributed by atoms with van der Waals surface area (Å²) in [7, 11) is 0. The number of allylic oxidation sites excluding steroid dienone is 1. The van der Waals surface area contributed by atoms with Crippen molar-refractivity contribution in [2.75, 3.05) is 5.73 Å². The van der Waals surface area contributed by atoms with Crippen molar-refractivity contribution in [1.29, 1.82) is 0 Å². The van der Waals surface area contributed by atoms with E-state index in [1.165, 1.54) is 6.20 Å². The van der Waals surface area contributed by atoms with E-state index in [2.05, 4.69) is 27.4 Å². The van der Waals surface area contributed by atoms with Crippen molar-refractivity contribution in [1.82, 2.24) is 10.7 Å². The zero-order valence-corrected chi connectivity index (χ0v) is 16.6. The van der Waals surface area contributed by atoms with E-state index in [4.69, 9.17) is 11.5 Å². The number of nitrogen functional groups attached to an aromatic ring is 1. The van der Waals surface area contributed by atoms with Gasteiger partial charge in [0, 0.05) is 24.9 Å². The van der Waals surface area contributed by atoms with E-state index < -0.39 is 5.91 Å². The third-order valence-corrected chi connectivity index (χ3v) is 3.83. The second kappa shape index (κ2) is 11.3. The number of anilines is 1. The number of aliphatic imine (C=N–C) groups is 1. The second-order valence-electron chi connectivity index (χ2n) is 6.34. The van der Waals surface area contributed by atoms with Crippen LogP contribution in [0.5, 0.6) is 0 Å². The average Bonchev–Trinajstić information content (AvgIpc) is 2.64. The Labute approximate surface area is 165 Å². The second-order valence-corrected chi connectivity index (χ2v) is 6.34. The Morgan fingerprint density at radius 2 is 1.96 bits per heavy atom. The maximum absolute atomic E-state index is 12.6. The van der Waals surface area contributed by atoms with Crippen molar-refractivity contribution >= 4 is 29.4 Å². The molecule has 0 aliphatic heterocycles. The number of carbonyl (C=O) groups excluding carboxylic acids is 2.